The number of nitrogens with two attached hydrogens (primary N) is 1. The zero-order valence-electron chi connectivity index (χ0n) is 10.5. The van der Waals surface area contributed by atoms with E-state index in [0.717, 1.165) is 13.1 Å². The van der Waals surface area contributed by atoms with Gasteiger partial charge in [0.1, 0.15) is 0 Å². The smallest absolute Gasteiger partial charge is 0.256 e. The van der Waals surface area contributed by atoms with Gasteiger partial charge in [-0.3, -0.25) is 4.79 Å². The first-order valence-corrected chi connectivity index (χ1v) is 6.09. The number of amides is 1. The molecule has 0 spiro atoms. The fraction of sp³-hybridized carbons (Fsp3) is 0.462. The van der Waals surface area contributed by atoms with Crippen molar-refractivity contribution in [3.63, 3.8) is 0 Å². The summed E-state index contributed by atoms with van der Waals surface area (Å²) < 4.78 is 0. The number of nitrogens with zero attached hydrogens (tertiary/aromatic N) is 2. The van der Waals surface area contributed by atoms with Crippen molar-refractivity contribution in [2.75, 3.05) is 39.0 Å². The van der Waals surface area contributed by atoms with E-state index in [9.17, 15) is 9.90 Å². The monoisotopic (exact) mass is 249 g/mol. The largest absolute Gasteiger partial charge is 0.399 e. The van der Waals surface area contributed by atoms with Crippen LogP contribution in [-0.4, -0.2) is 54.0 Å². The first-order chi connectivity index (χ1) is 8.58. The molecule has 98 valence electrons. The van der Waals surface area contributed by atoms with Crippen LogP contribution in [-0.2, 0) is 4.79 Å². The Balaban J connectivity index is 2.02. The minimum absolute atomic E-state index is 0.229. The fourth-order valence-electron chi connectivity index (χ4n) is 2.02. The van der Waals surface area contributed by atoms with Crippen LogP contribution in [0.3, 0.4) is 0 Å². The number of anilines is 1. The van der Waals surface area contributed by atoms with Crippen LogP contribution in [0, 0.1) is 0 Å². The van der Waals surface area contributed by atoms with E-state index in [4.69, 9.17) is 5.73 Å². The topological polar surface area (TPSA) is 69.8 Å². The van der Waals surface area contributed by atoms with Gasteiger partial charge in [-0.25, -0.2) is 0 Å². The highest BCUT2D eigenvalue weighted by Crippen LogP contribution is 2.18. The van der Waals surface area contributed by atoms with Crippen LogP contribution >= 0.6 is 0 Å². The third kappa shape index (κ3) is 2.80. The maximum atomic E-state index is 12.1. The van der Waals surface area contributed by atoms with E-state index in [1.165, 1.54) is 0 Å². The minimum atomic E-state index is -1.09. The lowest BCUT2D eigenvalue weighted by molar-refractivity contribution is -0.142. The number of benzene rings is 1. The summed E-state index contributed by atoms with van der Waals surface area (Å²) in [6.07, 6.45) is -1.09. The SMILES string of the molecule is CN1CCN(C(=O)C(O)c2ccc(N)cc2)CC1. The molecular formula is C13H19N3O2. The van der Waals surface area contributed by atoms with Crippen molar-refractivity contribution in [2.45, 2.75) is 6.10 Å². The summed E-state index contributed by atoms with van der Waals surface area (Å²) in [6, 6.07) is 6.76. The normalized spacial score (nSPS) is 18.7. The van der Waals surface area contributed by atoms with Gasteiger partial charge in [-0.2, -0.15) is 0 Å². The summed E-state index contributed by atoms with van der Waals surface area (Å²) in [6.45, 7) is 3.03. The number of rotatable bonds is 2. The molecule has 1 saturated heterocycles. The highest BCUT2D eigenvalue weighted by molar-refractivity contribution is 5.82. The lowest BCUT2D eigenvalue weighted by Crippen LogP contribution is -2.48. The second kappa shape index (κ2) is 5.37. The molecule has 1 aromatic carbocycles. The first-order valence-electron chi connectivity index (χ1n) is 6.09. The summed E-state index contributed by atoms with van der Waals surface area (Å²) in [5.74, 6) is -0.229. The number of hydrogen-bond acceptors (Lipinski definition) is 4. The van der Waals surface area contributed by atoms with Gasteiger partial charge in [0.25, 0.3) is 5.91 Å². The molecule has 18 heavy (non-hydrogen) atoms. The minimum Gasteiger partial charge on any atom is -0.399 e. The molecule has 2 rings (SSSR count). The second-order valence-corrected chi connectivity index (χ2v) is 4.70. The van der Waals surface area contributed by atoms with Gasteiger partial charge in [0, 0.05) is 31.9 Å². The van der Waals surface area contributed by atoms with Gasteiger partial charge in [0.2, 0.25) is 0 Å². The summed E-state index contributed by atoms with van der Waals surface area (Å²) in [5.41, 5.74) is 6.79. The Morgan fingerprint density at radius 1 is 1.22 bits per heavy atom. The molecular weight excluding hydrogens is 230 g/mol. The van der Waals surface area contributed by atoms with Gasteiger partial charge in [-0.1, -0.05) is 12.1 Å². The lowest BCUT2D eigenvalue weighted by atomic mass is 10.1. The third-order valence-corrected chi connectivity index (χ3v) is 3.30. The van der Waals surface area contributed by atoms with Crippen LogP contribution in [0.2, 0.25) is 0 Å². The Bertz CT molecular complexity index is 411. The molecule has 1 fully saturated rings. The van der Waals surface area contributed by atoms with Crippen LogP contribution in [0.15, 0.2) is 24.3 Å². The van der Waals surface area contributed by atoms with Crippen molar-refractivity contribution in [1.82, 2.24) is 9.80 Å². The number of carbonyl (C=O) groups excluding carboxylic acids is 1. The number of hydrogen-bond donors (Lipinski definition) is 2. The average molecular weight is 249 g/mol. The van der Waals surface area contributed by atoms with E-state index in [1.807, 2.05) is 7.05 Å². The predicted octanol–water partition coefficient (Wildman–Crippen LogP) is 0.0762. The quantitative estimate of drug-likeness (QED) is 0.728. The van der Waals surface area contributed by atoms with Crippen LogP contribution in [0.5, 0.6) is 0 Å². The number of nitrogen functional groups attached to an aromatic ring is 1. The molecule has 0 radical (unpaired) electrons. The summed E-state index contributed by atoms with van der Waals surface area (Å²) in [4.78, 5) is 16.0. The van der Waals surface area contributed by atoms with Gasteiger partial charge >= 0.3 is 0 Å². The molecule has 0 aromatic heterocycles. The fourth-order valence-corrected chi connectivity index (χ4v) is 2.02. The molecule has 1 atom stereocenters. The molecule has 1 aromatic rings. The summed E-state index contributed by atoms with van der Waals surface area (Å²) in [7, 11) is 2.03. The average Bonchev–Trinajstić information content (AvgIpc) is 2.39. The number of aliphatic hydroxyl groups excluding tert-OH is 1. The van der Waals surface area contributed by atoms with E-state index in [0.29, 0.717) is 24.3 Å². The number of likely N-dealkylation sites (N-methyl/N-ethyl adjacent to an activating group) is 1. The molecule has 5 nitrogen and oxygen atoms in total. The molecule has 0 saturated carbocycles. The van der Waals surface area contributed by atoms with Gasteiger partial charge in [-0.15, -0.1) is 0 Å². The molecule has 1 heterocycles. The van der Waals surface area contributed by atoms with Crippen molar-refractivity contribution in [2.24, 2.45) is 0 Å². The number of carbonyl (C=O) groups is 1. The molecule has 0 bridgehead atoms. The van der Waals surface area contributed by atoms with E-state index in [-0.39, 0.29) is 5.91 Å². The van der Waals surface area contributed by atoms with Crippen molar-refractivity contribution in [3.05, 3.63) is 29.8 Å². The first kappa shape index (κ1) is 12.9. The maximum absolute atomic E-state index is 12.1. The zero-order chi connectivity index (χ0) is 13.1. The third-order valence-electron chi connectivity index (χ3n) is 3.30. The zero-order valence-corrected chi connectivity index (χ0v) is 10.5. The Morgan fingerprint density at radius 2 is 1.78 bits per heavy atom. The van der Waals surface area contributed by atoms with Gasteiger partial charge in [0.15, 0.2) is 6.10 Å². The van der Waals surface area contributed by atoms with Gasteiger partial charge in [0.05, 0.1) is 0 Å². The van der Waals surface area contributed by atoms with Crippen LogP contribution in [0.4, 0.5) is 5.69 Å². The van der Waals surface area contributed by atoms with Crippen LogP contribution in [0.25, 0.3) is 0 Å². The highest BCUT2D eigenvalue weighted by Gasteiger charge is 2.25. The Kier molecular flexibility index (Phi) is 3.84. The van der Waals surface area contributed by atoms with E-state index < -0.39 is 6.10 Å². The van der Waals surface area contributed by atoms with E-state index in [2.05, 4.69) is 4.90 Å². The second-order valence-electron chi connectivity index (χ2n) is 4.70. The Morgan fingerprint density at radius 3 is 2.33 bits per heavy atom. The predicted molar refractivity (Wildman–Crippen MR) is 69.9 cm³/mol. The molecule has 1 aliphatic heterocycles. The highest BCUT2D eigenvalue weighted by atomic mass is 16.3. The summed E-state index contributed by atoms with van der Waals surface area (Å²) >= 11 is 0. The molecule has 1 amide bonds. The van der Waals surface area contributed by atoms with Crippen molar-refractivity contribution < 1.29 is 9.90 Å². The Labute approximate surface area is 107 Å². The van der Waals surface area contributed by atoms with Crippen molar-refractivity contribution in [1.29, 1.82) is 0 Å². The van der Waals surface area contributed by atoms with Gasteiger partial charge < -0.3 is 20.6 Å². The summed E-state index contributed by atoms with van der Waals surface area (Å²) in [5, 5.41) is 10.1. The van der Waals surface area contributed by atoms with E-state index in [1.54, 1.807) is 29.2 Å². The molecule has 3 N–H and O–H groups in total. The van der Waals surface area contributed by atoms with Crippen molar-refractivity contribution >= 4 is 11.6 Å². The molecule has 5 heteroatoms. The van der Waals surface area contributed by atoms with Gasteiger partial charge in [-0.05, 0) is 24.7 Å². The number of piperazine rings is 1. The lowest BCUT2D eigenvalue weighted by Gasteiger charge is -2.33. The molecule has 0 aliphatic carbocycles. The Hall–Kier alpha value is -1.59. The number of aliphatic hydroxyl groups is 1. The maximum Gasteiger partial charge on any atom is 0.256 e. The van der Waals surface area contributed by atoms with Crippen LogP contribution < -0.4 is 5.73 Å². The standard InChI is InChI=1S/C13H19N3O2/c1-15-6-8-16(9-7-15)13(18)12(17)10-2-4-11(14)5-3-10/h2-5,12,17H,6-9,14H2,1H3. The molecule has 1 unspecified atom stereocenters. The molecule has 1 aliphatic rings. The van der Waals surface area contributed by atoms with E-state index >= 15 is 0 Å². The van der Waals surface area contributed by atoms with Crippen molar-refractivity contribution in [3.8, 4) is 0 Å². The van der Waals surface area contributed by atoms with Crippen LogP contribution in [0.1, 0.15) is 11.7 Å².